The van der Waals surface area contributed by atoms with Crippen molar-refractivity contribution in [3.8, 4) is 0 Å². The van der Waals surface area contributed by atoms with Crippen LogP contribution in [0.15, 0.2) is 0 Å². The minimum Gasteiger partial charge on any atom is -0.481 e. The number of alkyl carbamates (subject to hydrolysis) is 1. The molecule has 0 aromatic rings. The SMILES string of the molecule is CC(C)CCC[C@@H](CCCNC(=O)O[C@H](OC(=O)C(C)C)C(C)C)CCC(=O)O. The monoisotopic (exact) mass is 415 g/mol. The van der Waals surface area contributed by atoms with Gasteiger partial charge in [-0.15, -0.1) is 0 Å². The fourth-order valence-electron chi connectivity index (χ4n) is 2.85. The first-order valence-electron chi connectivity index (χ1n) is 10.9. The normalized spacial score (nSPS) is 13.4. The molecule has 0 fully saturated rings. The third-order valence-electron chi connectivity index (χ3n) is 4.69. The summed E-state index contributed by atoms with van der Waals surface area (Å²) >= 11 is 0. The second-order valence-electron chi connectivity index (χ2n) is 8.80. The molecule has 170 valence electrons. The Morgan fingerprint density at radius 3 is 2.00 bits per heavy atom. The molecule has 0 radical (unpaired) electrons. The lowest BCUT2D eigenvalue weighted by Crippen LogP contribution is -2.35. The Morgan fingerprint density at radius 1 is 0.862 bits per heavy atom. The third kappa shape index (κ3) is 14.8. The van der Waals surface area contributed by atoms with Gasteiger partial charge in [0.1, 0.15) is 0 Å². The van der Waals surface area contributed by atoms with Gasteiger partial charge in [-0.1, -0.05) is 60.8 Å². The molecular weight excluding hydrogens is 374 g/mol. The number of nitrogens with one attached hydrogen (secondary N) is 1. The molecule has 29 heavy (non-hydrogen) atoms. The van der Waals surface area contributed by atoms with Gasteiger partial charge in [0, 0.05) is 18.9 Å². The van der Waals surface area contributed by atoms with E-state index in [1.807, 2.05) is 13.8 Å². The molecule has 0 saturated carbocycles. The molecule has 0 aromatic carbocycles. The van der Waals surface area contributed by atoms with E-state index in [9.17, 15) is 14.4 Å². The molecule has 7 heteroatoms. The van der Waals surface area contributed by atoms with Crippen molar-refractivity contribution >= 4 is 18.0 Å². The number of carboxylic acid groups (broad SMARTS) is 1. The highest BCUT2D eigenvalue weighted by atomic mass is 16.7. The fourth-order valence-corrected chi connectivity index (χ4v) is 2.85. The third-order valence-corrected chi connectivity index (χ3v) is 4.69. The Labute approximate surface area is 175 Å². The van der Waals surface area contributed by atoms with Crippen LogP contribution in [0, 0.1) is 23.7 Å². The molecule has 0 aliphatic rings. The van der Waals surface area contributed by atoms with Gasteiger partial charge in [0.05, 0.1) is 5.92 Å². The molecule has 0 heterocycles. The molecule has 0 unspecified atom stereocenters. The predicted octanol–water partition coefficient (Wildman–Crippen LogP) is 4.98. The lowest BCUT2D eigenvalue weighted by atomic mass is 9.90. The number of hydrogen-bond donors (Lipinski definition) is 2. The summed E-state index contributed by atoms with van der Waals surface area (Å²) in [4.78, 5) is 34.6. The van der Waals surface area contributed by atoms with Gasteiger partial charge >= 0.3 is 18.0 Å². The van der Waals surface area contributed by atoms with E-state index >= 15 is 0 Å². The lowest BCUT2D eigenvalue weighted by Gasteiger charge is -2.22. The van der Waals surface area contributed by atoms with Crippen LogP contribution in [-0.2, 0) is 19.1 Å². The van der Waals surface area contributed by atoms with Gasteiger partial charge in [0.25, 0.3) is 6.29 Å². The van der Waals surface area contributed by atoms with Crippen molar-refractivity contribution in [3.05, 3.63) is 0 Å². The molecular formula is C22H41NO6. The standard InChI is InChI=1S/C22H41NO6/c1-15(2)9-7-10-18(12-13-19(24)25)11-8-14-23-22(27)29-21(17(5)6)28-20(26)16(3)4/h15-18,21H,7-14H2,1-6H3,(H,23,27)(H,24,25)/t18-,21-/m0/s1. The molecule has 0 spiro atoms. The predicted molar refractivity (Wildman–Crippen MR) is 112 cm³/mol. The van der Waals surface area contributed by atoms with Crippen LogP contribution in [0.3, 0.4) is 0 Å². The average Bonchev–Trinajstić information content (AvgIpc) is 2.61. The fraction of sp³-hybridized carbons (Fsp3) is 0.864. The zero-order valence-electron chi connectivity index (χ0n) is 19.0. The number of rotatable bonds is 15. The Hall–Kier alpha value is -1.79. The van der Waals surface area contributed by atoms with Gasteiger partial charge in [0.15, 0.2) is 0 Å². The molecule has 2 atom stereocenters. The number of hydrogen-bond acceptors (Lipinski definition) is 5. The summed E-state index contributed by atoms with van der Waals surface area (Å²) in [6.45, 7) is 11.9. The van der Waals surface area contributed by atoms with E-state index < -0.39 is 24.3 Å². The summed E-state index contributed by atoms with van der Waals surface area (Å²) < 4.78 is 10.5. The first kappa shape index (κ1) is 27.2. The summed E-state index contributed by atoms with van der Waals surface area (Å²) in [6.07, 6.45) is 4.18. The van der Waals surface area contributed by atoms with Crippen molar-refractivity contribution in [2.24, 2.45) is 23.7 Å². The van der Waals surface area contributed by atoms with Crippen molar-refractivity contribution in [1.29, 1.82) is 0 Å². The Bertz CT molecular complexity index is 490. The molecule has 2 N–H and O–H groups in total. The average molecular weight is 416 g/mol. The summed E-state index contributed by atoms with van der Waals surface area (Å²) in [5.74, 6) is -0.620. The zero-order chi connectivity index (χ0) is 22.4. The van der Waals surface area contributed by atoms with Crippen LogP contribution in [0.4, 0.5) is 4.79 Å². The first-order chi connectivity index (χ1) is 13.5. The highest BCUT2D eigenvalue weighted by molar-refractivity contribution is 5.72. The van der Waals surface area contributed by atoms with Crippen molar-refractivity contribution in [1.82, 2.24) is 5.32 Å². The minimum atomic E-state index is -0.913. The minimum absolute atomic E-state index is 0.148. The van der Waals surface area contributed by atoms with Gasteiger partial charge < -0.3 is 19.9 Å². The van der Waals surface area contributed by atoms with Gasteiger partial charge in [-0.3, -0.25) is 9.59 Å². The van der Waals surface area contributed by atoms with Crippen LogP contribution in [0.1, 0.15) is 86.5 Å². The first-order valence-corrected chi connectivity index (χ1v) is 10.9. The van der Waals surface area contributed by atoms with Crippen molar-refractivity contribution < 1.29 is 29.0 Å². The Kier molecular flexibility index (Phi) is 14.2. The number of carboxylic acids is 1. The topological polar surface area (TPSA) is 102 Å². The number of aliphatic carboxylic acids is 1. The van der Waals surface area contributed by atoms with Crippen LogP contribution in [0.2, 0.25) is 0 Å². The van der Waals surface area contributed by atoms with E-state index in [0.717, 1.165) is 32.1 Å². The molecule has 0 aliphatic heterocycles. The number of carbonyl (C=O) groups excluding carboxylic acids is 2. The van der Waals surface area contributed by atoms with Crippen LogP contribution >= 0.6 is 0 Å². The van der Waals surface area contributed by atoms with Gasteiger partial charge in [-0.25, -0.2) is 4.79 Å². The maximum absolute atomic E-state index is 12.0. The van der Waals surface area contributed by atoms with Gasteiger partial charge in [-0.2, -0.15) is 0 Å². The van der Waals surface area contributed by atoms with Crippen LogP contribution in [-0.4, -0.2) is 36.0 Å². The Morgan fingerprint density at radius 2 is 1.48 bits per heavy atom. The van der Waals surface area contributed by atoms with Crippen molar-refractivity contribution in [2.45, 2.75) is 92.8 Å². The molecule has 7 nitrogen and oxygen atoms in total. The second-order valence-corrected chi connectivity index (χ2v) is 8.80. The molecule has 0 rings (SSSR count). The van der Waals surface area contributed by atoms with Crippen LogP contribution < -0.4 is 5.32 Å². The van der Waals surface area contributed by atoms with E-state index in [1.54, 1.807) is 13.8 Å². The van der Waals surface area contributed by atoms with Gasteiger partial charge in [0.2, 0.25) is 0 Å². The van der Waals surface area contributed by atoms with Crippen LogP contribution in [0.25, 0.3) is 0 Å². The summed E-state index contributed by atoms with van der Waals surface area (Å²) in [5.41, 5.74) is 0. The quantitative estimate of drug-likeness (QED) is 0.222. The number of carbonyl (C=O) groups is 3. The largest absolute Gasteiger partial charge is 0.481 e. The molecule has 0 bridgehead atoms. The summed E-state index contributed by atoms with van der Waals surface area (Å²) in [5, 5.41) is 11.6. The lowest BCUT2D eigenvalue weighted by molar-refractivity contribution is -0.178. The number of esters is 1. The van der Waals surface area contributed by atoms with E-state index in [0.29, 0.717) is 24.8 Å². The maximum atomic E-state index is 12.0. The van der Waals surface area contributed by atoms with E-state index in [4.69, 9.17) is 14.6 Å². The van der Waals surface area contributed by atoms with E-state index in [1.165, 1.54) is 0 Å². The highest BCUT2D eigenvalue weighted by Gasteiger charge is 2.24. The van der Waals surface area contributed by atoms with Crippen LogP contribution in [0.5, 0.6) is 0 Å². The number of amides is 1. The molecule has 0 aliphatic carbocycles. The van der Waals surface area contributed by atoms with E-state index in [2.05, 4.69) is 19.2 Å². The highest BCUT2D eigenvalue weighted by Crippen LogP contribution is 2.22. The maximum Gasteiger partial charge on any atom is 0.410 e. The molecule has 0 saturated heterocycles. The van der Waals surface area contributed by atoms with Crippen molar-refractivity contribution in [2.75, 3.05) is 6.54 Å². The zero-order valence-corrected chi connectivity index (χ0v) is 19.0. The molecule has 1 amide bonds. The second kappa shape index (κ2) is 15.1. The number of ether oxygens (including phenoxy) is 2. The molecule has 0 aromatic heterocycles. The summed E-state index contributed by atoms with van der Waals surface area (Å²) in [7, 11) is 0. The van der Waals surface area contributed by atoms with E-state index in [-0.39, 0.29) is 18.3 Å². The summed E-state index contributed by atoms with van der Waals surface area (Å²) in [6, 6.07) is 0. The van der Waals surface area contributed by atoms with Gasteiger partial charge in [-0.05, 0) is 31.1 Å². The Balaban J connectivity index is 4.32. The van der Waals surface area contributed by atoms with Crippen molar-refractivity contribution in [3.63, 3.8) is 0 Å². The smallest absolute Gasteiger partial charge is 0.410 e.